The third-order valence-corrected chi connectivity index (χ3v) is 4.47. The average molecular weight is 407 g/mol. The summed E-state index contributed by atoms with van der Waals surface area (Å²) in [5, 5.41) is 3.81. The summed E-state index contributed by atoms with van der Waals surface area (Å²) in [6.45, 7) is 0. The largest absolute Gasteiger partial charge is 0.417 e. The van der Waals surface area contributed by atoms with Gasteiger partial charge in [-0.3, -0.25) is 4.98 Å². The van der Waals surface area contributed by atoms with E-state index < -0.39 is 17.4 Å². The van der Waals surface area contributed by atoms with Crippen molar-refractivity contribution in [2.24, 2.45) is 0 Å². The zero-order chi connectivity index (χ0) is 20.7. The van der Waals surface area contributed by atoms with Crippen LogP contribution < -0.4 is 5.76 Å². The molecule has 10 heteroatoms. The van der Waals surface area contributed by atoms with Gasteiger partial charge in [0.15, 0.2) is 17.2 Å². The molecule has 0 aliphatic rings. The topological polar surface area (TPSA) is 111 Å². The molecule has 5 aromatic rings. The van der Waals surface area contributed by atoms with Crippen molar-refractivity contribution in [3.63, 3.8) is 0 Å². The van der Waals surface area contributed by atoms with Crippen LogP contribution in [0.15, 0.2) is 62.5 Å². The zero-order valence-corrected chi connectivity index (χ0v) is 15.1. The Labute approximate surface area is 166 Å². The molecule has 0 bridgehead atoms. The number of benzene rings is 2. The summed E-state index contributed by atoms with van der Waals surface area (Å²) in [6, 6.07) is 9.22. The minimum Gasteiger partial charge on any atom is -0.408 e. The summed E-state index contributed by atoms with van der Waals surface area (Å²) in [6.07, 6.45) is 2.98. The van der Waals surface area contributed by atoms with Crippen molar-refractivity contribution < 1.29 is 17.7 Å². The number of hydrogen-bond acceptors (Lipinski definition) is 7. The maximum atomic E-state index is 15.0. The summed E-state index contributed by atoms with van der Waals surface area (Å²) in [5.74, 6) is -1.69. The van der Waals surface area contributed by atoms with Gasteiger partial charge in [-0.05, 0) is 29.8 Å². The van der Waals surface area contributed by atoms with Gasteiger partial charge in [0.2, 0.25) is 11.7 Å². The Bertz CT molecular complexity index is 1430. The minimum atomic E-state index is -0.751. The van der Waals surface area contributed by atoms with Crippen LogP contribution in [0.3, 0.4) is 0 Å². The Morgan fingerprint density at radius 2 is 1.70 bits per heavy atom. The predicted octanol–water partition coefficient (Wildman–Crippen LogP) is 3.50. The monoisotopic (exact) mass is 407 g/mol. The minimum absolute atomic E-state index is 0.0125. The van der Waals surface area contributed by atoms with Crippen LogP contribution in [0.1, 0.15) is 11.5 Å². The lowest BCUT2D eigenvalue weighted by Crippen LogP contribution is -1.97. The Morgan fingerprint density at radius 1 is 0.933 bits per heavy atom. The van der Waals surface area contributed by atoms with Crippen LogP contribution in [-0.2, 0) is 6.42 Å². The van der Waals surface area contributed by atoms with E-state index in [1.807, 2.05) is 0 Å². The molecule has 0 aliphatic heterocycles. The van der Waals surface area contributed by atoms with Gasteiger partial charge in [-0.25, -0.2) is 23.5 Å². The van der Waals surface area contributed by atoms with Gasteiger partial charge >= 0.3 is 5.76 Å². The number of hydrogen-bond donors (Lipinski definition) is 1. The van der Waals surface area contributed by atoms with E-state index in [-0.39, 0.29) is 51.8 Å². The van der Waals surface area contributed by atoms with Gasteiger partial charge in [0.1, 0.15) is 11.3 Å². The van der Waals surface area contributed by atoms with Crippen LogP contribution in [0.2, 0.25) is 0 Å². The first-order valence-electron chi connectivity index (χ1n) is 8.79. The van der Waals surface area contributed by atoms with E-state index in [9.17, 15) is 9.18 Å². The number of halogens is 2. The molecule has 3 heterocycles. The van der Waals surface area contributed by atoms with E-state index in [4.69, 9.17) is 8.94 Å². The first-order chi connectivity index (χ1) is 14.6. The molecule has 5 rings (SSSR count). The molecule has 0 atom stereocenters. The second-order valence-corrected chi connectivity index (χ2v) is 6.35. The molecule has 2 aromatic carbocycles. The summed E-state index contributed by atoms with van der Waals surface area (Å²) in [5.41, 5.74) is 0.569. The highest BCUT2D eigenvalue weighted by Gasteiger charge is 2.19. The fourth-order valence-corrected chi connectivity index (χ4v) is 3.08. The Hall–Kier alpha value is -4.21. The van der Waals surface area contributed by atoms with Crippen molar-refractivity contribution in [3.05, 3.63) is 82.4 Å². The quantitative estimate of drug-likeness (QED) is 0.485. The van der Waals surface area contributed by atoms with Gasteiger partial charge in [0.05, 0.1) is 17.5 Å². The van der Waals surface area contributed by atoms with Crippen LogP contribution in [0.4, 0.5) is 8.78 Å². The van der Waals surface area contributed by atoms with Gasteiger partial charge < -0.3 is 8.94 Å². The summed E-state index contributed by atoms with van der Waals surface area (Å²) < 4.78 is 39.6. The molecule has 0 amide bonds. The van der Waals surface area contributed by atoms with Crippen molar-refractivity contribution in [3.8, 4) is 22.8 Å². The second kappa shape index (κ2) is 6.99. The van der Waals surface area contributed by atoms with Gasteiger partial charge in [-0.1, -0.05) is 17.3 Å². The predicted molar refractivity (Wildman–Crippen MR) is 100 cm³/mol. The van der Waals surface area contributed by atoms with E-state index in [2.05, 4.69) is 25.1 Å². The highest BCUT2D eigenvalue weighted by atomic mass is 19.1. The van der Waals surface area contributed by atoms with Crippen LogP contribution >= 0.6 is 0 Å². The number of oxazole rings is 1. The molecule has 0 spiro atoms. The van der Waals surface area contributed by atoms with E-state index >= 15 is 4.39 Å². The van der Waals surface area contributed by atoms with Crippen molar-refractivity contribution in [2.75, 3.05) is 0 Å². The van der Waals surface area contributed by atoms with E-state index in [0.717, 1.165) is 0 Å². The van der Waals surface area contributed by atoms with E-state index in [1.54, 1.807) is 18.2 Å². The lowest BCUT2D eigenvalue weighted by atomic mass is 10.1. The average Bonchev–Trinajstić information content (AvgIpc) is 3.37. The molecule has 1 N–H and O–H groups in total. The summed E-state index contributed by atoms with van der Waals surface area (Å²) in [4.78, 5) is 25.8. The molecule has 0 unspecified atom stereocenters. The standard InChI is InChI=1S/C20H11F2N5O3/c21-15-10(5-6-13-17(15)26-20(28)29-13)9-14-25-19(27-30-14)12-4-1-3-11(16(12)22)18-23-7-2-8-24-18/h1-8H,9H2,(H,26,28). The summed E-state index contributed by atoms with van der Waals surface area (Å²) in [7, 11) is 0. The number of H-pyrrole nitrogens is 1. The van der Waals surface area contributed by atoms with Gasteiger partial charge in [0, 0.05) is 12.4 Å². The smallest absolute Gasteiger partial charge is 0.408 e. The third-order valence-electron chi connectivity index (χ3n) is 4.47. The molecule has 30 heavy (non-hydrogen) atoms. The number of aromatic amines is 1. The molecule has 0 fully saturated rings. The molecule has 8 nitrogen and oxygen atoms in total. The van der Waals surface area contributed by atoms with Crippen molar-refractivity contribution in [1.29, 1.82) is 0 Å². The number of nitrogens with zero attached hydrogens (tertiary/aromatic N) is 4. The van der Waals surface area contributed by atoms with Crippen molar-refractivity contribution >= 4 is 11.1 Å². The molecule has 3 aromatic heterocycles. The highest BCUT2D eigenvalue weighted by Crippen LogP contribution is 2.28. The van der Waals surface area contributed by atoms with Gasteiger partial charge in [-0.2, -0.15) is 4.98 Å². The van der Waals surface area contributed by atoms with Crippen LogP contribution in [-0.4, -0.2) is 25.1 Å². The number of aromatic nitrogens is 5. The van der Waals surface area contributed by atoms with Crippen LogP contribution in [0.5, 0.6) is 0 Å². The molecule has 148 valence electrons. The molecule has 0 aliphatic carbocycles. The molecule has 0 saturated carbocycles. The Balaban J connectivity index is 1.48. The zero-order valence-electron chi connectivity index (χ0n) is 15.1. The molecule has 0 saturated heterocycles. The Kier molecular flexibility index (Phi) is 4.16. The molecule has 0 radical (unpaired) electrons. The van der Waals surface area contributed by atoms with Crippen LogP contribution in [0, 0.1) is 11.6 Å². The third kappa shape index (κ3) is 3.04. The van der Waals surface area contributed by atoms with Gasteiger partial charge in [0.25, 0.3) is 0 Å². The Morgan fingerprint density at radius 3 is 2.50 bits per heavy atom. The number of nitrogens with one attached hydrogen (secondary N) is 1. The molecular weight excluding hydrogens is 396 g/mol. The molecular formula is C20H11F2N5O3. The first-order valence-corrected chi connectivity index (χ1v) is 8.79. The lowest BCUT2D eigenvalue weighted by molar-refractivity contribution is 0.384. The number of rotatable bonds is 4. The van der Waals surface area contributed by atoms with Crippen molar-refractivity contribution in [1.82, 2.24) is 25.1 Å². The fraction of sp³-hybridized carbons (Fsp3) is 0.0500. The lowest BCUT2D eigenvalue weighted by Gasteiger charge is -2.04. The van der Waals surface area contributed by atoms with E-state index in [0.29, 0.717) is 0 Å². The SMILES string of the molecule is O=c1[nH]c2c(F)c(Cc3nc(-c4cccc(-c5ncccn5)c4F)no3)ccc2o1. The second-order valence-electron chi connectivity index (χ2n) is 6.35. The summed E-state index contributed by atoms with van der Waals surface area (Å²) >= 11 is 0. The normalized spacial score (nSPS) is 11.3. The maximum absolute atomic E-state index is 15.0. The maximum Gasteiger partial charge on any atom is 0.417 e. The first kappa shape index (κ1) is 17.9. The number of fused-ring (bicyclic) bond motifs is 1. The highest BCUT2D eigenvalue weighted by molar-refractivity contribution is 5.74. The fourth-order valence-electron chi connectivity index (χ4n) is 3.08. The van der Waals surface area contributed by atoms with Crippen molar-refractivity contribution in [2.45, 2.75) is 6.42 Å². The van der Waals surface area contributed by atoms with Gasteiger partial charge in [-0.15, -0.1) is 0 Å². The van der Waals surface area contributed by atoms with E-state index in [1.165, 1.54) is 30.6 Å². The van der Waals surface area contributed by atoms with Crippen LogP contribution in [0.25, 0.3) is 33.9 Å².